The van der Waals surface area contributed by atoms with Crippen molar-refractivity contribution in [3.8, 4) is 17.0 Å². The van der Waals surface area contributed by atoms with Crippen LogP contribution in [0, 0.1) is 10.1 Å². The highest BCUT2D eigenvalue weighted by molar-refractivity contribution is 7.98. The van der Waals surface area contributed by atoms with E-state index in [1.54, 1.807) is 30.5 Å². The van der Waals surface area contributed by atoms with Gasteiger partial charge in [0.2, 0.25) is 11.1 Å². The number of rotatable bonds is 4. The minimum Gasteiger partial charge on any atom is -0.496 e. The van der Waals surface area contributed by atoms with Crippen molar-refractivity contribution in [2.75, 3.05) is 18.3 Å². The molecule has 0 unspecified atom stereocenters. The van der Waals surface area contributed by atoms with E-state index in [-0.39, 0.29) is 22.8 Å². The van der Waals surface area contributed by atoms with E-state index in [0.717, 1.165) is 0 Å². The standard InChI is InChI=1S/C20H17N5O5S/c1-11(26)23-15-7-5-4-6-13(15)17-18(27)21-20(31-3)22-24(17)19(23)14-10-12(25(28)29)8-9-16(14)30-2/h4-10,19H,1-3H3/p+1/t19-/m0/s1. The van der Waals surface area contributed by atoms with E-state index in [1.807, 2.05) is 0 Å². The van der Waals surface area contributed by atoms with Gasteiger partial charge >= 0.3 is 11.3 Å². The largest absolute Gasteiger partial charge is 0.496 e. The first kappa shape index (κ1) is 20.5. The third kappa shape index (κ3) is 3.32. The summed E-state index contributed by atoms with van der Waals surface area (Å²) in [4.78, 5) is 41.0. The van der Waals surface area contributed by atoms with Crippen LogP contribution in [0.25, 0.3) is 11.3 Å². The van der Waals surface area contributed by atoms with Crippen LogP contribution in [-0.2, 0) is 4.79 Å². The highest BCUT2D eigenvalue weighted by Crippen LogP contribution is 2.40. The molecule has 1 aromatic heterocycles. The molecule has 31 heavy (non-hydrogen) atoms. The number of carbonyl (C=O) groups is 1. The Morgan fingerprint density at radius 2 is 2.06 bits per heavy atom. The number of nitrogens with one attached hydrogen (secondary N) is 1. The number of para-hydroxylation sites is 1. The molecular formula is C20H18N5O5S+. The SMILES string of the molecule is COc1ccc([N+](=O)[O-])cc1[C@H]1N(C(C)=O)c2ccccc2-c2c(=O)[nH]c(SC)n[n+]21. The fourth-order valence-corrected chi connectivity index (χ4v) is 4.09. The van der Waals surface area contributed by atoms with Gasteiger partial charge in [-0.2, -0.15) is 0 Å². The molecule has 2 heterocycles. The van der Waals surface area contributed by atoms with E-state index in [1.165, 1.54) is 53.6 Å². The molecule has 4 rings (SSSR count). The molecule has 11 heteroatoms. The number of nitrogens with zero attached hydrogens (tertiary/aromatic N) is 4. The van der Waals surface area contributed by atoms with E-state index in [2.05, 4.69) is 10.1 Å². The molecule has 2 aromatic carbocycles. The first-order chi connectivity index (χ1) is 14.9. The number of nitro groups is 1. The van der Waals surface area contributed by atoms with Gasteiger partial charge in [0, 0.05) is 24.2 Å². The van der Waals surface area contributed by atoms with Crippen molar-refractivity contribution in [3.63, 3.8) is 0 Å². The number of thioether (sulfide) groups is 1. The Morgan fingerprint density at radius 3 is 2.71 bits per heavy atom. The number of nitro benzene ring substituents is 1. The second kappa shape index (κ2) is 7.84. The van der Waals surface area contributed by atoms with E-state index in [4.69, 9.17) is 4.74 Å². The first-order valence-corrected chi connectivity index (χ1v) is 10.4. The molecule has 1 aliphatic heterocycles. The summed E-state index contributed by atoms with van der Waals surface area (Å²) in [5, 5.41) is 16.3. The van der Waals surface area contributed by atoms with Crippen LogP contribution in [-0.4, -0.2) is 34.3 Å². The zero-order chi connectivity index (χ0) is 22.3. The second-order valence-electron chi connectivity index (χ2n) is 6.72. The van der Waals surface area contributed by atoms with Gasteiger partial charge in [-0.1, -0.05) is 23.9 Å². The molecule has 0 radical (unpaired) electrons. The van der Waals surface area contributed by atoms with Crippen molar-refractivity contribution in [1.29, 1.82) is 0 Å². The average molecular weight is 440 g/mol. The molecule has 10 nitrogen and oxygen atoms in total. The normalized spacial score (nSPS) is 14.5. The van der Waals surface area contributed by atoms with Crippen LogP contribution in [0.5, 0.6) is 5.75 Å². The summed E-state index contributed by atoms with van der Waals surface area (Å²) in [7, 11) is 1.43. The quantitative estimate of drug-likeness (QED) is 0.286. The zero-order valence-corrected chi connectivity index (χ0v) is 17.7. The van der Waals surface area contributed by atoms with Gasteiger partial charge in [-0.3, -0.25) is 24.7 Å². The number of aromatic nitrogens is 3. The molecular weight excluding hydrogens is 422 g/mol. The zero-order valence-electron chi connectivity index (χ0n) is 16.9. The molecule has 158 valence electrons. The van der Waals surface area contributed by atoms with Crippen molar-refractivity contribution < 1.29 is 19.1 Å². The Morgan fingerprint density at radius 1 is 1.32 bits per heavy atom. The predicted molar refractivity (Wildman–Crippen MR) is 113 cm³/mol. The Hall–Kier alpha value is -3.73. The van der Waals surface area contributed by atoms with E-state index in [9.17, 15) is 19.7 Å². The van der Waals surface area contributed by atoms with Crippen LogP contribution in [0.15, 0.2) is 52.4 Å². The smallest absolute Gasteiger partial charge is 0.325 e. The maximum atomic E-state index is 13.0. The summed E-state index contributed by atoms with van der Waals surface area (Å²) in [5.41, 5.74) is 1.04. The van der Waals surface area contributed by atoms with E-state index >= 15 is 0 Å². The highest BCUT2D eigenvalue weighted by atomic mass is 32.2. The monoisotopic (exact) mass is 440 g/mol. The van der Waals surface area contributed by atoms with Gasteiger partial charge in [-0.15, -0.1) is 0 Å². The fourth-order valence-electron chi connectivity index (χ4n) is 3.72. The number of hydrogen-bond acceptors (Lipinski definition) is 7. The second-order valence-corrected chi connectivity index (χ2v) is 7.51. The lowest BCUT2D eigenvalue weighted by Gasteiger charge is -2.31. The van der Waals surface area contributed by atoms with Gasteiger partial charge in [0.25, 0.3) is 11.9 Å². The number of benzene rings is 2. The summed E-state index contributed by atoms with van der Waals surface area (Å²) < 4.78 is 6.88. The van der Waals surface area contributed by atoms with Gasteiger partial charge in [0.1, 0.15) is 5.75 Å². The van der Waals surface area contributed by atoms with Crippen LogP contribution >= 0.6 is 11.8 Å². The third-order valence-electron chi connectivity index (χ3n) is 4.99. The molecule has 3 aromatic rings. The molecule has 0 saturated carbocycles. The number of non-ortho nitro benzene ring substituents is 1. The molecule has 1 atom stereocenters. The van der Waals surface area contributed by atoms with Crippen molar-refractivity contribution in [2.45, 2.75) is 18.2 Å². The molecule has 0 spiro atoms. The van der Waals surface area contributed by atoms with Crippen molar-refractivity contribution >= 4 is 29.0 Å². The Balaban J connectivity index is 2.13. The first-order valence-electron chi connectivity index (χ1n) is 9.19. The molecule has 0 aliphatic carbocycles. The molecule has 0 saturated heterocycles. The maximum Gasteiger partial charge on any atom is 0.325 e. The van der Waals surface area contributed by atoms with Crippen LogP contribution in [0.2, 0.25) is 0 Å². The van der Waals surface area contributed by atoms with Crippen LogP contribution in [0.3, 0.4) is 0 Å². The van der Waals surface area contributed by atoms with Crippen LogP contribution < -0.4 is 19.9 Å². The predicted octanol–water partition coefficient (Wildman–Crippen LogP) is 2.28. The summed E-state index contributed by atoms with van der Waals surface area (Å²) in [6.07, 6.45) is 0.790. The molecule has 0 bridgehead atoms. The number of carbonyl (C=O) groups excluding carboxylic acids is 1. The van der Waals surface area contributed by atoms with Crippen LogP contribution in [0.1, 0.15) is 18.7 Å². The summed E-state index contributed by atoms with van der Waals surface area (Å²) in [5.74, 6) is 0.00408. The van der Waals surface area contributed by atoms with Crippen LogP contribution in [0.4, 0.5) is 11.4 Å². The van der Waals surface area contributed by atoms with E-state index < -0.39 is 11.1 Å². The number of aromatic amines is 1. The highest BCUT2D eigenvalue weighted by Gasteiger charge is 2.46. The molecule has 1 amide bonds. The summed E-state index contributed by atoms with van der Waals surface area (Å²) >= 11 is 1.23. The summed E-state index contributed by atoms with van der Waals surface area (Å²) in [6, 6.07) is 11.1. The van der Waals surface area contributed by atoms with Crippen molar-refractivity contribution in [1.82, 2.24) is 10.1 Å². The lowest BCUT2D eigenvalue weighted by molar-refractivity contribution is -0.763. The van der Waals surface area contributed by atoms with Gasteiger partial charge in [-0.05, 0) is 29.1 Å². The van der Waals surface area contributed by atoms with Gasteiger partial charge in [-0.25, -0.2) is 4.90 Å². The van der Waals surface area contributed by atoms with Gasteiger partial charge < -0.3 is 4.74 Å². The average Bonchev–Trinajstić information content (AvgIpc) is 2.76. The number of H-pyrrole nitrogens is 1. The molecule has 0 fully saturated rings. The number of ether oxygens (including phenoxy) is 1. The van der Waals surface area contributed by atoms with Gasteiger partial charge in [0.05, 0.1) is 28.8 Å². The minimum absolute atomic E-state index is 0.171. The Bertz CT molecular complexity index is 1280. The number of fused-ring (bicyclic) bond motifs is 3. The third-order valence-corrected chi connectivity index (χ3v) is 5.56. The maximum absolute atomic E-state index is 13.0. The molecule has 1 N–H and O–H groups in total. The lowest BCUT2D eigenvalue weighted by atomic mass is 10.0. The molecule has 1 aliphatic rings. The van der Waals surface area contributed by atoms with Crippen molar-refractivity contribution in [2.24, 2.45) is 0 Å². The topological polar surface area (TPSA) is 122 Å². The van der Waals surface area contributed by atoms with E-state index in [0.29, 0.717) is 27.7 Å². The fraction of sp³-hybridized carbons (Fsp3) is 0.200. The number of anilines is 1. The number of amides is 1. The van der Waals surface area contributed by atoms with Gasteiger partial charge in [0.15, 0.2) is 0 Å². The minimum atomic E-state index is -0.967. The Labute approximate surface area is 180 Å². The van der Waals surface area contributed by atoms with Crippen molar-refractivity contribution in [3.05, 3.63) is 68.5 Å². The number of methoxy groups -OCH3 is 1. The Kier molecular flexibility index (Phi) is 5.19. The lowest BCUT2D eigenvalue weighted by Crippen LogP contribution is -2.60. The summed E-state index contributed by atoms with van der Waals surface area (Å²) in [6.45, 7) is 1.39. The number of hydrogen-bond donors (Lipinski definition) is 1.